The van der Waals surface area contributed by atoms with E-state index in [0.29, 0.717) is 11.8 Å². The van der Waals surface area contributed by atoms with Gasteiger partial charge in [-0.15, -0.1) is 46.3 Å². The molecule has 2 fully saturated rings. The summed E-state index contributed by atoms with van der Waals surface area (Å²) in [7, 11) is 6.60. The molecule has 2 aliphatic heterocycles. The maximum Gasteiger partial charge on any atom is 0.000955 e. The number of hydrogen-bond acceptors (Lipinski definition) is 2. The van der Waals surface area contributed by atoms with Crippen LogP contribution in [0.25, 0.3) is 22.3 Å². The molecule has 2 aliphatic rings. The van der Waals surface area contributed by atoms with Gasteiger partial charge in [-0.1, -0.05) is 98.7 Å². The van der Waals surface area contributed by atoms with Crippen molar-refractivity contribution in [2.24, 2.45) is 11.8 Å². The summed E-state index contributed by atoms with van der Waals surface area (Å²) in [6.45, 7) is 11.7. The Labute approximate surface area is 263 Å². The van der Waals surface area contributed by atoms with Crippen molar-refractivity contribution in [3.05, 3.63) is 108 Å². The van der Waals surface area contributed by atoms with Crippen molar-refractivity contribution in [2.45, 2.75) is 50.3 Å². The smallest absolute Gasteiger partial charge is 0.000955 e. The zero-order valence-corrected chi connectivity index (χ0v) is 28.2. The third-order valence-electron chi connectivity index (χ3n) is 8.89. The van der Waals surface area contributed by atoms with Crippen LogP contribution in [0.5, 0.6) is 0 Å². The summed E-state index contributed by atoms with van der Waals surface area (Å²) in [5.74, 6) is 1.23. The van der Waals surface area contributed by atoms with Crippen LogP contribution in [0, 0.1) is 11.8 Å². The van der Waals surface area contributed by atoms with Crippen LogP contribution in [-0.2, 0) is 33.8 Å². The maximum absolute atomic E-state index is 3.71. The van der Waals surface area contributed by atoms with Gasteiger partial charge in [-0.3, -0.25) is 0 Å². The van der Waals surface area contributed by atoms with E-state index in [1.807, 2.05) is 30.3 Å². The van der Waals surface area contributed by atoms with Gasteiger partial charge in [0.15, 0.2) is 0 Å². The minimum absolute atomic E-state index is 0. The van der Waals surface area contributed by atoms with Crippen molar-refractivity contribution in [2.75, 3.05) is 26.2 Å². The van der Waals surface area contributed by atoms with Crippen molar-refractivity contribution >= 4 is 18.5 Å². The predicted molar refractivity (Wildman–Crippen MR) is 180 cm³/mol. The zero-order valence-electron chi connectivity index (χ0n) is 24.8. The van der Waals surface area contributed by atoms with Crippen molar-refractivity contribution in [1.29, 1.82) is 0 Å². The summed E-state index contributed by atoms with van der Waals surface area (Å²) in [4.78, 5) is 0. The summed E-state index contributed by atoms with van der Waals surface area (Å²) in [5, 5.41) is 7.47. The molecule has 2 nitrogen and oxygen atoms in total. The summed E-state index contributed by atoms with van der Waals surface area (Å²) < 4.78 is 0. The molecule has 2 heterocycles. The van der Waals surface area contributed by atoms with Crippen LogP contribution in [0.1, 0.15) is 50.3 Å². The summed E-state index contributed by atoms with van der Waals surface area (Å²) in [6, 6.07) is 32.3. The second-order valence-electron chi connectivity index (χ2n) is 12.4. The van der Waals surface area contributed by atoms with E-state index in [0.717, 1.165) is 32.3 Å². The topological polar surface area (TPSA) is 24.1 Å². The average molecular weight is 625 g/mol. The molecule has 2 saturated heterocycles. The largest absolute Gasteiger partial charge is 0.748 e. The summed E-state index contributed by atoms with van der Waals surface area (Å²) >= 11 is 0. The van der Waals surface area contributed by atoms with Gasteiger partial charge in [0, 0.05) is 22.2 Å². The van der Waals surface area contributed by atoms with Gasteiger partial charge in [0.25, 0.3) is 0 Å². The number of hydrogen-bond donors (Lipinski definition) is 2. The average Bonchev–Trinajstić information content (AvgIpc) is 3.79. The van der Waals surface area contributed by atoms with Crippen LogP contribution in [0.3, 0.4) is 0 Å². The molecule has 4 unspecified atom stereocenters. The first-order valence-corrected chi connectivity index (χ1v) is 16.3. The molecule has 0 aromatic heterocycles. The first kappa shape index (κ1) is 32.4. The minimum Gasteiger partial charge on any atom is -0.748 e. The Morgan fingerprint density at radius 3 is 1.63 bits per heavy atom. The van der Waals surface area contributed by atoms with Crippen molar-refractivity contribution in [3.63, 3.8) is 0 Å². The summed E-state index contributed by atoms with van der Waals surface area (Å²) in [5.41, 5.74) is 10.3. The van der Waals surface area contributed by atoms with Crippen molar-refractivity contribution in [3.8, 4) is 22.3 Å². The Bertz CT molecular complexity index is 1290. The second-order valence-corrected chi connectivity index (χ2v) is 13.8. The van der Waals surface area contributed by atoms with Gasteiger partial charge in [-0.05, 0) is 56.3 Å². The molecule has 0 radical (unpaired) electrons. The Balaban J connectivity index is 0.000000584. The molecule has 41 heavy (non-hydrogen) atoms. The van der Waals surface area contributed by atoms with E-state index in [1.165, 1.54) is 40.7 Å². The Hall–Kier alpha value is -1.56. The fourth-order valence-electron chi connectivity index (χ4n) is 7.11. The third kappa shape index (κ3) is 6.68. The van der Waals surface area contributed by atoms with Crippen molar-refractivity contribution < 1.29 is 17.1 Å². The molecule has 0 bridgehead atoms. The van der Waals surface area contributed by atoms with Crippen LogP contribution < -0.4 is 10.6 Å². The number of nitrogens with one attached hydrogen (secondary N) is 2. The Morgan fingerprint density at radius 2 is 1.24 bits per heavy atom. The first-order chi connectivity index (χ1) is 19.4. The van der Waals surface area contributed by atoms with E-state index in [9.17, 15) is 0 Å². The molecule has 4 atom stereocenters. The van der Waals surface area contributed by atoms with Crippen LogP contribution >= 0.6 is 18.5 Å². The monoisotopic (exact) mass is 624 g/mol. The molecule has 6 rings (SSSR count). The maximum atomic E-state index is 3.71. The van der Waals surface area contributed by atoms with Gasteiger partial charge in [0.1, 0.15) is 0 Å². The van der Waals surface area contributed by atoms with Crippen LogP contribution in [-0.4, -0.2) is 26.2 Å². The molecule has 224 valence electrons. The van der Waals surface area contributed by atoms with Gasteiger partial charge in [0.2, 0.25) is 0 Å². The van der Waals surface area contributed by atoms with E-state index < -0.39 is 0 Å². The molecule has 4 aromatic rings. The summed E-state index contributed by atoms with van der Waals surface area (Å²) in [6.07, 6.45) is 3.45. The molecule has 4 aromatic carbocycles. The molecular formula is C36H46FeN2P2-6. The van der Waals surface area contributed by atoms with Gasteiger partial charge in [0.05, 0.1) is 0 Å². The van der Waals surface area contributed by atoms with Crippen LogP contribution in [0.15, 0.2) is 91.0 Å². The van der Waals surface area contributed by atoms with Gasteiger partial charge < -0.3 is 41.0 Å². The fourth-order valence-corrected chi connectivity index (χ4v) is 8.41. The normalized spacial score (nSPS) is 20.1. The molecule has 0 amide bonds. The van der Waals surface area contributed by atoms with E-state index in [-0.39, 0.29) is 27.6 Å². The van der Waals surface area contributed by atoms with Gasteiger partial charge in [-0.25, -0.2) is 0 Å². The van der Waals surface area contributed by atoms with Crippen LogP contribution in [0.2, 0.25) is 0 Å². The Morgan fingerprint density at radius 1 is 0.780 bits per heavy atom. The molecular weight excluding hydrogens is 578 g/mol. The standard InChI is InChI=1S/C31H41N2P2.C5H5.Fe/c1-30(2,3)29-27(22-12-8-5-9-13-22)26(21-10-6-4-7-11-21)25(20-34)28(29)31(35,23-14-16-32-18-23)24-15-17-33-19-24;1-2-4-5-3-1;/h4-13,23-24,32-33H,14-20,34-35H2,1-3H3;1-5H;/q-1;-5;. The Kier molecular flexibility index (Phi) is 11.3. The van der Waals surface area contributed by atoms with Crippen molar-refractivity contribution in [1.82, 2.24) is 10.6 Å². The first-order valence-electron chi connectivity index (χ1n) is 14.9. The zero-order chi connectivity index (χ0) is 28.2. The van der Waals surface area contributed by atoms with E-state index in [4.69, 9.17) is 0 Å². The molecule has 0 spiro atoms. The van der Waals surface area contributed by atoms with E-state index in [1.54, 1.807) is 11.1 Å². The van der Waals surface area contributed by atoms with E-state index >= 15 is 0 Å². The minimum atomic E-state index is 0. The molecule has 0 aliphatic carbocycles. The van der Waals surface area contributed by atoms with Gasteiger partial charge >= 0.3 is 0 Å². The SMILES string of the molecule is CC(C)(C)[c-]1c(-c2ccccc2)c(-c2ccccc2)c(CP)c1C(P)(C1CCNC1)C1CCNC1.[Fe].[cH-]1[cH-][cH-][cH-][cH-]1. The van der Waals surface area contributed by atoms with E-state index in [2.05, 4.69) is 111 Å². The van der Waals surface area contributed by atoms with Crippen LogP contribution in [0.4, 0.5) is 0 Å². The third-order valence-corrected chi connectivity index (χ3v) is 10.5. The molecule has 2 N–H and O–H groups in total. The molecule has 5 heteroatoms. The second kappa shape index (κ2) is 14.3. The fraction of sp³-hybridized carbons (Fsp3) is 0.389. The number of rotatable bonds is 6. The number of benzene rings is 2. The quantitative estimate of drug-likeness (QED) is 0.129. The van der Waals surface area contributed by atoms with Gasteiger partial charge in [-0.2, -0.15) is 0 Å². The molecule has 0 saturated carbocycles. The predicted octanol–water partition coefficient (Wildman–Crippen LogP) is 8.10.